The van der Waals surface area contributed by atoms with Gasteiger partial charge in [0, 0.05) is 5.69 Å². The van der Waals surface area contributed by atoms with Crippen LogP contribution in [0, 0.1) is 6.57 Å². The summed E-state index contributed by atoms with van der Waals surface area (Å²) >= 11 is 0. The third kappa shape index (κ3) is 4.55. The number of carboxylic acids is 2. The van der Waals surface area contributed by atoms with E-state index in [2.05, 4.69) is 9.84 Å². The van der Waals surface area contributed by atoms with Crippen LogP contribution in [-0.2, 0) is 19.2 Å². The quantitative estimate of drug-likeness (QED) is 0.491. The number of aliphatic carboxylic acids is 2. The SMILES string of the molecule is [C-]#[N+]C1=C(C)C(=Nc2ccc(N(CC(=O)O)CC(=O)O)cc2)C(=O)NC1=O. The predicted molar refractivity (Wildman–Crippen MR) is 93.5 cm³/mol. The zero-order valence-electron chi connectivity index (χ0n) is 14.1. The molecule has 0 atom stereocenters. The van der Waals surface area contributed by atoms with E-state index >= 15 is 0 Å². The molecule has 1 aliphatic heterocycles. The second-order valence-corrected chi connectivity index (χ2v) is 5.49. The molecule has 0 saturated heterocycles. The molecule has 0 aliphatic carbocycles. The van der Waals surface area contributed by atoms with Gasteiger partial charge in [0.05, 0.1) is 12.3 Å². The normalized spacial score (nSPS) is 15.3. The number of anilines is 1. The van der Waals surface area contributed by atoms with E-state index in [4.69, 9.17) is 16.8 Å². The van der Waals surface area contributed by atoms with E-state index in [1.165, 1.54) is 31.2 Å². The predicted octanol–water partition coefficient (Wildman–Crippen LogP) is 0.584. The zero-order chi connectivity index (χ0) is 20.1. The molecular weight excluding hydrogens is 356 g/mol. The van der Waals surface area contributed by atoms with E-state index in [1.54, 1.807) is 0 Å². The van der Waals surface area contributed by atoms with Crippen molar-refractivity contribution < 1.29 is 29.4 Å². The number of aliphatic imine (C=N–C) groups is 1. The van der Waals surface area contributed by atoms with Gasteiger partial charge >= 0.3 is 11.9 Å². The first-order valence-electron chi connectivity index (χ1n) is 7.54. The van der Waals surface area contributed by atoms with Crippen molar-refractivity contribution in [3.8, 4) is 0 Å². The molecule has 0 unspecified atom stereocenters. The van der Waals surface area contributed by atoms with E-state index in [1.807, 2.05) is 5.32 Å². The van der Waals surface area contributed by atoms with Crippen molar-refractivity contribution in [1.82, 2.24) is 5.32 Å². The number of nitrogens with zero attached hydrogens (tertiary/aromatic N) is 3. The Morgan fingerprint density at radius 1 is 1.11 bits per heavy atom. The Morgan fingerprint density at radius 2 is 1.67 bits per heavy atom. The van der Waals surface area contributed by atoms with Gasteiger partial charge in [-0.1, -0.05) is 0 Å². The van der Waals surface area contributed by atoms with Gasteiger partial charge in [-0.05, 0) is 36.8 Å². The highest BCUT2D eigenvalue weighted by atomic mass is 16.4. The lowest BCUT2D eigenvalue weighted by atomic mass is 10.1. The summed E-state index contributed by atoms with van der Waals surface area (Å²) < 4.78 is 0. The lowest BCUT2D eigenvalue weighted by Gasteiger charge is -2.20. The molecule has 0 spiro atoms. The van der Waals surface area contributed by atoms with Gasteiger partial charge in [0.1, 0.15) is 18.8 Å². The summed E-state index contributed by atoms with van der Waals surface area (Å²) in [5, 5.41) is 19.8. The molecule has 0 radical (unpaired) electrons. The molecule has 0 fully saturated rings. The molecule has 0 bridgehead atoms. The Hall–Kier alpha value is -4.00. The van der Waals surface area contributed by atoms with E-state index in [0.717, 1.165) is 4.90 Å². The van der Waals surface area contributed by atoms with Crippen LogP contribution in [0.25, 0.3) is 4.85 Å². The number of hydrogen-bond acceptors (Lipinski definition) is 6. The minimum atomic E-state index is -1.18. The van der Waals surface area contributed by atoms with Gasteiger partial charge < -0.3 is 15.1 Å². The van der Waals surface area contributed by atoms with Crippen LogP contribution in [-0.4, -0.2) is 52.8 Å². The van der Waals surface area contributed by atoms with Crippen LogP contribution < -0.4 is 10.2 Å². The monoisotopic (exact) mass is 370 g/mol. The first-order chi connectivity index (χ1) is 12.7. The molecule has 0 saturated carbocycles. The molecule has 3 N–H and O–H groups in total. The van der Waals surface area contributed by atoms with Gasteiger partial charge in [-0.3, -0.25) is 24.5 Å². The minimum absolute atomic E-state index is 0.0821. The standard InChI is InChI=1S/C17H14N4O6/c1-9-14(18-2)16(26)20-17(27)15(9)19-10-3-5-11(6-4-10)21(7-12(22)23)8-13(24)25/h3-6H,7-8H2,1H3,(H,22,23)(H,24,25)(H,20,26,27). The van der Waals surface area contributed by atoms with Crippen molar-refractivity contribution >= 4 is 40.8 Å². The summed E-state index contributed by atoms with van der Waals surface area (Å²) in [5.41, 5.74) is 0.509. The van der Waals surface area contributed by atoms with Crippen LogP contribution >= 0.6 is 0 Å². The number of nitrogens with one attached hydrogen (secondary N) is 1. The number of rotatable bonds is 6. The van der Waals surface area contributed by atoms with Gasteiger partial charge in [-0.25, -0.2) is 9.84 Å². The first kappa shape index (κ1) is 19.3. The van der Waals surface area contributed by atoms with E-state index in [0.29, 0.717) is 11.4 Å². The summed E-state index contributed by atoms with van der Waals surface area (Å²) in [7, 11) is 0. The highest BCUT2D eigenvalue weighted by molar-refractivity contribution is 6.51. The summed E-state index contributed by atoms with van der Waals surface area (Å²) in [6.07, 6.45) is 0. The number of imide groups is 1. The molecular formula is C17H14N4O6. The number of carboxylic acid groups (broad SMARTS) is 2. The lowest BCUT2D eigenvalue weighted by Crippen LogP contribution is -2.42. The summed E-state index contributed by atoms with van der Waals surface area (Å²) in [4.78, 5) is 53.7. The van der Waals surface area contributed by atoms with E-state index in [-0.39, 0.29) is 17.0 Å². The second-order valence-electron chi connectivity index (χ2n) is 5.49. The first-order valence-corrected chi connectivity index (χ1v) is 7.54. The highest BCUT2D eigenvalue weighted by Crippen LogP contribution is 2.22. The Bertz CT molecular complexity index is 908. The molecule has 10 nitrogen and oxygen atoms in total. The number of amides is 2. The maximum Gasteiger partial charge on any atom is 0.323 e. The number of hydrogen-bond donors (Lipinski definition) is 3. The minimum Gasteiger partial charge on any atom is -0.480 e. The van der Waals surface area contributed by atoms with Gasteiger partial charge in [-0.15, -0.1) is 0 Å². The fourth-order valence-corrected chi connectivity index (χ4v) is 2.38. The van der Waals surface area contributed by atoms with Crippen LogP contribution in [0.15, 0.2) is 40.5 Å². The van der Waals surface area contributed by atoms with Gasteiger partial charge in [0.25, 0.3) is 17.5 Å². The Labute approximate surface area is 153 Å². The van der Waals surface area contributed by atoms with Crippen molar-refractivity contribution in [2.24, 2.45) is 4.99 Å². The van der Waals surface area contributed by atoms with Crippen molar-refractivity contribution in [3.63, 3.8) is 0 Å². The van der Waals surface area contributed by atoms with Gasteiger partial charge in [0.15, 0.2) is 0 Å². The molecule has 1 aromatic carbocycles. The molecule has 2 rings (SSSR count). The van der Waals surface area contributed by atoms with Crippen molar-refractivity contribution in [1.29, 1.82) is 0 Å². The van der Waals surface area contributed by atoms with E-state index in [9.17, 15) is 19.2 Å². The second kappa shape index (κ2) is 7.92. The zero-order valence-corrected chi connectivity index (χ0v) is 14.1. The molecule has 2 amide bonds. The van der Waals surface area contributed by atoms with Crippen LogP contribution in [0.3, 0.4) is 0 Å². The van der Waals surface area contributed by atoms with Crippen molar-refractivity contribution in [2.75, 3.05) is 18.0 Å². The molecule has 0 aromatic heterocycles. The molecule has 1 aliphatic rings. The summed E-state index contributed by atoms with van der Waals surface area (Å²) in [5.74, 6) is -3.87. The largest absolute Gasteiger partial charge is 0.480 e. The number of carbonyl (C=O) groups is 4. The fourth-order valence-electron chi connectivity index (χ4n) is 2.38. The topological polar surface area (TPSA) is 141 Å². The van der Waals surface area contributed by atoms with Gasteiger partial charge in [0.2, 0.25) is 0 Å². The molecule has 1 heterocycles. The van der Waals surface area contributed by atoms with Crippen LogP contribution in [0.5, 0.6) is 0 Å². The third-order valence-corrected chi connectivity index (χ3v) is 3.59. The maximum atomic E-state index is 12.0. The van der Waals surface area contributed by atoms with Gasteiger partial charge in [-0.2, -0.15) is 0 Å². The Morgan fingerprint density at radius 3 is 2.15 bits per heavy atom. The van der Waals surface area contributed by atoms with Crippen LogP contribution in [0.2, 0.25) is 0 Å². The molecule has 138 valence electrons. The molecule has 27 heavy (non-hydrogen) atoms. The molecule has 1 aromatic rings. The fraction of sp³-hybridized carbons (Fsp3) is 0.176. The smallest absolute Gasteiger partial charge is 0.323 e. The lowest BCUT2D eigenvalue weighted by molar-refractivity contribution is -0.136. The highest BCUT2D eigenvalue weighted by Gasteiger charge is 2.29. The summed E-state index contributed by atoms with van der Waals surface area (Å²) in [6.45, 7) is 7.46. The average molecular weight is 370 g/mol. The van der Waals surface area contributed by atoms with E-state index < -0.39 is 36.8 Å². The van der Waals surface area contributed by atoms with Crippen LogP contribution in [0.1, 0.15) is 6.92 Å². The average Bonchev–Trinajstić information content (AvgIpc) is 2.58. The Kier molecular flexibility index (Phi) is 5.67. The molecule has 10 heteroatoms. The third-order valence-electron chi connectivity index (χ3n) is 3.59. The number of benzene rings is 1. The van der Waals surface area contributed by atoms with Crippen molar-refractivity contribution in [2.45, 2.75) is 6.92 Å². The van der Waals surface area contributed by atoms with Crippen molar-refractivity contribution in [3.05, 3.63) is 47.0 Å². The number of carbonyl (C=O) groups excluding carboxylic acids is 2. The Balaban J connectivity index is 2.35. The summed E-state index contributed by atoms with van der Waals surface area (Å²) in [6, 6.07) is 5.86. The maximum absolute atomic E-state index is 12.0. The van der Waals surface area contributed by atoms with Crippen LogP contribution in [0.4, 0.5) is 11.4 Å².